The third-order valence-electron chi connectivity index (χ3n) is 8.20. The Hall–Kier alpha value is -3.96. The zero-order chi connectivity index (χ0) is 34.5. The molecule has 1 aliphatic rings. The van der Waals surface area contributed by atoms with Crippen molar-refractivity contribution in [2.45, 2.75) is 76.3 Å². The molecule has 260 valence electrons. The van der Waals surface area contributed by atoms with E-state index >= 15 is 0 Å². The van der Waals surface area contributed by atoms with Crippen molar-refractivity contribution >= 4 is 12.0 Å². The SMILES string of the molecule is COCCOCCOc1ccc(CC(CC(O)C(Cc2ccccc2)NC(=O)OC(C)(C)C)C(=O)NC2c3ccccc3CC2O)cc1. The molecule has 3 aromatic rings. The van der Waals surface area contributed by atoms with Gasteiger partial charge in [-0.2, -0.15) is 0 Å². The van der Waals surface area contributed by atoms with Crippen molar-refractivity contribution in [3.63, 3.8) is 0 Å². The average Bonchev–Trinajstić information content (AvgIpc) is 3.36. The first-order valence-corrected chi connectivity index (χ1v) is 16.6. The lowest BCUT2D eigenvalue weighted by Crippen LogP contribution is -2.48. The highest BCUT2D eigenvalue weighted by Gasteiger charge is 2.35. The Morgan fingerprint density at radius 3 is 2.25 bits per heavy atom. The number of fused-ring (bicyclic) bond motifs is 1. The number of carbonyl (C=O) groups is 2. The molecule has 0 aliphatic heterocycles. The van der Waals surface area contributed by atoms with Gasteiger partial charge in [-0.25, -0.2) is 4.79 Å². The van der Waals surface area contributed by atoms with Crippen molar-refractivity contribution in [1.82, 2.24) is 10.6 Å². The highest BCUT2D eigenvalue weighted by molar-refractivity contribution is 5.80. The van der Waals surface area contributed by atoms with Crippen LogP contribution in [0.5, 0.6) is 5.75 Å². The van der Waals surface area contributed by atoms with Crippen LogP contribution in [-0.4, -0.2) is 79.6 Å². The number of aliphatic hydroxyl groups excluding tert-OH is 2. The molecule has 0 fully saturated rings. The van der Waals surface area contributed by atoms with Crippen molar-refractivity contribution in [3.05, 3.63) is 101 Å². The van der Waals surface area contributed by atoms with Crippen LogP contribution >= 0.6 is 0 Å². The lowest BCUT2D eigenvalue weighted by molar-refractivity contribution is -0.127. The molecule has 4 N–H and O–H groups in total. The maximum atomic E-state index is 14.0. The minimum atomic E-state index is -1.09. The Bertz CT molecular complexity index is 1430. The molecule has 5 unspecified atom stereocenters. The summed E-state index contributed by atoms with van der Waals surface area (Å²) in [5.41, 5.74) is 2.96. The molecule has 4 rings (SSSR count). The summed E-state index contributed by atoms with van der Waals surface area (Å²) >= 11 is 0. The summed E-state index contributed by atoms with van der Waals surface area (Å²) in [5, 5.41) is 28.5. The molecule has 0 saturated heterocycles. The number of hydrogen-bond acceptors (Lipinski definition) is 8. The number of carbonyl (C=O) groups excluding carboxylic acids is 2. The molecule has 1 aliphatic carbocycles. The molecule has 0 aromatic heterocycles. The summed E-state index contributed by atoms with van der Waals surface area (Å²) in [6.07, 6.45) is -1.33. The maximum absolute atomic E-state index is 14.0. The summed E-state index contributed by atoms with van der Waals surface area (Å²) in [4.78, 5) is 26.9. The molecular formula is C38H50N2O8. The van der Waals surface area contributed by atoms with Gasteiger partial charge in [-0.1, -0.05) is 66.7 Å². The standard InChI is InChI=1S/C38H50N2O8/c1-38(2,3)48-37(44)39-32(23-26-10-6-5-7-11-26)33(41)25-29(36(43)40-35-31-13-9-8-12-28(31)24-34(35)42)22-27-14-16-30(17-15-27)47-21-20-46-19-18-45-4/h5-17,29,32-35,41-42H,18-25H2,1-4H3,(H,39,44)(H,40,43). The zero-order valence-electron chi connectivity index (χ0n) is 28.4. The molecule has 0 saturated carbocycles. The first-order chi connectivity index (χ1) is 23.0. The monoisotopic (exact) mass is 662 g/mol. The van der Waals surface area contributed by atoms with Gasteiger partial charge in [0.25, 0.3) is 0 Å². The van der Waals surface area contributed by atoms with Gasteiger partial charge in [0.05, 0.1) is 44.1 Å². The summed E-state index contributed by atoms with van der Waals surface area (Å²) in [6, 6.07) is 23.4. The smallest absolute Gasteiger partial charge is 0.407 e. The molecule has 0 bridgehead atoms. The number of methoxy groups -OCH3 is 1. The fourth-order valence-corrected chi connectivity index (χ4v) is 5.84. The zero-order valence-corrected chi connectivity index (χ0v) is 28.4. The second-order valence-corrected chi connectivity index (χ2v) is 13.2. The van der Waals surface area contributed by atoms with Gasteiger partial charge in [0.1, 0.15) is 18.0 Å². The van der Waals surface area contributed by atoms with Crippen LogP contribution < -0.4 is 15.4 Å². The number of ether oxygens (including phenoxy) is 4. The Balaban J connectivity index is 1.51. The minimum absolute atomic E-state index is 0.0562. The lowest BCUT2D eigenvalue weighted by atomic mass is 9.88. The van der Waals surface area contributed by atoms with Gasteiger partial charge in [0, 0.05) is 19.4 Å². The number of benzene rings is 3. The normalized spacial score (nSPS) is 17.5. The maximum Gasteiger partial charge on any atom is 0.407 e. The van der Waals surface area contributed by atoms with Crippen LogP contribution in [0.15, 0.2) is 78.9 Å². The number of alkyl carbamates (subject to hydrolysis) is 1. The lowest BCUT2D eigenvalue weighted by Gasteiger charge is -2.29. The quantitative estimate of drug-likeness (QED) is 0.155. The van der Waals surface area contributed by atoms with Gasteiger partial charge in [-0.15, -0.1) is 0 Å². The van der Waals surface area contributed by atoms with Gasteiger partial charge in [0.15, 0.2) is 0 Å². The Labute approximate surface area is 283 Å². The Morgan fingerprint density at radius 1 is 0.875 bits per heavy atom. The van der Waals surface area contributed by atoms with Crippen LogP contribution in [0.25, 0.3) is 0 Å². The average molecular weight is 663 g/mol. The number of nitrogens with one attached hydrogen (secondary N) is 2. The highest BCUT2D eigenvalue weighted by atomic mass is 16.6. The van der Waals surface area contributed by atoms with Crippen LogP contribution in [0.2, 0.25) is 0 Å². The largest absolute Gasteiger partial charge is 0.491 e. The van der Waals surface area contributed by atoms with Gasteiger partial charge in [0.2, 0.25) is 5.91 Å². The van der Waals surface area contributed by atoms with Gasteiger partial charge in [-0.3, -0.25) is 4.79 Å². The minimum Gasteiger partial charge on any atom is -0.491 e. The summed E-state index contributed by atoms with van der Waals surface area (Å²) in [5.74, 6) is -0.302. The van der Waals surface area contributed by atoms with E-state index in [9.17, 15) is 19.8 Å². The second kappa shape index (κ2) is 18.0. The summed E-state index contributed by atoms with van der Waals surface area (Å²) in [6.45, 7) is 7.17. The van der Waals surface area contributed by atoms with Gasteiger partial charge >= 0.3 is 6.09 Å². The topological polar surface area (TPSA) is 136 Å². The number of hydrogen-bond donors (Lipinski definition) is 4. The van der Waals surface area contributed by atoms with Crippen LogP contribution in [0.1, 0.15) is 55.5 Å². The molecule has 3 aromatic carbocycles. The fourth-order valence-electron chi connectivity index (χ4n) is 5.84. The molecule has 0 spiro atoms. The number of amides is 2. The number of rotatable bonds is 17. The molecule has 5 atom stereocenters. The molecule has 2 amide bonds. The van der Waals surface area contributed by atoms with Gasteiger partial charge in [-0.05, 0) is 74.4 Å². The second-order valence-electron chi connectivity index (χ2n) is 13.2. The summed E-state index contributed by atoms with van der Waals surface area (Å²) in [7, 11) is 1.62. The van der Waals surface area contributed by atoms with E-state index < -0.39 is 41.9 Å². The van der Waals surface area contributed by atoms with Crippen molar-refractivity contribution in [2.24, 2.45) is 5.92 Å². The van der Waals surface area contributed by atoms with E-state index in [4.69, 9.17) is 18.9 Å². The van der Waals surface area contributed by atoms with Crippen molar-refractivity contribution in [1.29, 1.82) is 0 Å². The van der Waals surface area contributed by atoms with Crippen LogP contribution in [-0.2, 0) is 38.3 Å². The predicted octanol–water partition coefficient (Wildman–Crippen LogP) is 4.55. The van der Waals surface area contributed by atoms with E-state index in [2.05, 4.69) is 10.6 Å². The van der Waals surface area contributed by atoms with Crippen molar-refractivity contribution in [3.8, 4) is 5.75 Å². The Kier molecular flexibility index (Phi) is 13.8. The van der Waals surface area contributed by atoms with Crippen molar-refractivity contribution < 1.29 is 38.7 Å². The van der Waals surface area contributed by atoms with E-state index in [1.54, 1.807) is 27.9 Å². The third kappa shape index (κ3) is 11.6. The number of aliphatic hydroxyl groups is 2. The molecule has 48 heavy (non-hydrogen) atoms. The Morgan fingerprint density at radius 2 is 1.54 bits per heavy atom. The van der Waals surface area contributed by atoms with E-state index in [1.807, 2.05) is 78.9 Å². The molecule has 10 nitrogen and oxygen atoms in total. The van der Waals surface area contributed by atoms with E-state index in [0.717, 1.165) is 22.3 Å². The van der Waals surface area contributed by atoms with Crippen LogP contribution in [0.3, 0.4) is 0 Å². The molecular weight excluding hydrogens is 612 g/mol. The predicted molar refractivity (Wildman–Crippen MR) is 183 cm³/mol. The van der Waals surface area contributed by atoms with E-state index in [-0.39, 0.29) is 12.3 Å². The summed E-state index contributed by atoms with van der Waals surface area (Å²) < 4.78 is 21.7. The van der Waals surface area contributed by atoms with E-state index in [0.29, 0.717) is 51.4 Å². The van der Waals surface area contributed by atoms with Crippen LogP contribution in [0, 0.1) is 5.92 Å². The molecule has 0 radical (unpaired) electrons. The van der Waals surface area contributed by atoms with Crippen LogP contribution in [0.4, 0.5) is 4.79 Å². The first kappa shape index (κ1) is 36.9. The molecule has 0 heterocycles. The van der Waals surface area contributed by atoms with E-state index in [1.165, 1.54) is 0 Å². The molecule has 10 heteroatoms. The fraction of sp³-hybridized carbons (Fsp3) is 0.474. The third-order valence-corrected chi connectivity index (χ3v) is 8.20. The first-order valence-electron chi connectivity index (χ1n) is 16.6. The highest BCUT2D eigenvalue weighted by Crippen LogP contribution is 2.32. The van der Waals surface area contributed by atoms with Crippen molar-refractivity contribution in [2.75, 3.05) is 33.5 Å². The van der Waals surface area contributed by atoms with Gasteiger partial charge < -0.3 is 39.8 Å².